The molecule has 0 radical (unpaired) electrons. The molecule has 0 spiro atoms. The van der Waals surface area contributed by atoms with E-state index in [0.717, 1.165) is 45.0 Å². The molecule has 0 fully saturated rings. The van der Waals surface area contributed by atoms with Gasteiger partial charge in [-0.25, -0.2) is 0 Å². The van der Waals surface area contributed by atoms with E-state index in [4.69, 9.17) is 12.2 Å². The van der Waals surface area contributed by atoms with Gasteiger partial charge in [0.1, 0.15) is 5.75 Å². The number of benzene rings is 2. The molecule has 0 saturated carbocycles. The molecular formula is C26H25NO2S2. The van der Waals surface area contributed by atoms with Crippen molar-refractivity contribution >= 4 is 39.9 Å². The van der Waals surface area contributed by atoms with Gasteiger partial charge in [-0.2, -0.15) is 0 Å². The van der Waals surface area contributed by atoms with Gasteiger partial charge in [-0.05, 0) is 67.5 Å². The van der Waals surface area contributed by atoms with E-state index in [9.17, 15) is 9.90 Å². The van der Waals surface area contributed by atoms with Gasteiger partial charge in [-0.15, -0.1) is 11.3 Å². The second kappa shape index (κ2) is 9.25. The lowest BCUT2D eigenvalue weighted by atomic mass is 10.0. The van der Waals surface area contributed by atoms with Crippen LogP contribution < -0.4 is 0 Å². The minimum Gasteiger partial charge on any atom is -0.506 e. The van der Waals surface area contributed by atoms with Crippen molar-refractivity contribution in [2.24, 2.45) is 4.99 Å². The van der Waals surface area contributed by atoms with Gasteiger partial charge in [0, 0.05) is 33.5 Å². The molecule has 0 amide bonds. The molecule has 3 aromatic rings. The standard InChI is InChI=1S/C26H25NO2S2/c1-16(27-14-23(30)12-18-5-3-7-20(11-18)17(2)28)24-15-31-26(25(24)29)22-10-9-19-6-4-8-21(19)13-22/h3,5,7,9-11,13,15,29H,4,6,8,12,14H2,1-2H3. The summed E-state index contributed by atoms with van der Waals surface area (Å²) in [5.41, 5.74) is 7.16. The van der Waals surface area contributed by atoms with Gasteiger partial charge in [0.15, 0.2) is 5.78 Å². The SMILES string of the molecule is CC(=O)c1cccc(CC(=S)CN=C(C)c2csc(-c3ccc4c(c3)CCC4)c2O)c1. The first-order valence-corrected chi connectivity index (χ1v) is 11.8. The summed E-state index contributed by atoms with van der Waals surface area (Å²) in [5, 5.41) is 12.8. The van der Waals surface area contributed by atoms with E-state index in [1.807, 2.05) is 36.6 Å². The van der Waals surface area contributed by atoms with E-state index < -0.39 is 0 Å². The Balaban J connectivity index is 1.46. The van der Waals surface area contributed by atoms with Crippen LogP contribution in [0.15, 0.2) is 52.8 Å². The zero-order chi connectivity index (χ0) is 22.0. The summed E-state index contributed by atoms with van der Waals surface area (Å²) in [6.45, 7) is 3.89. The summed E-state index contributed by atoms with van der Waals surface area (Å²) in [7, 11) is 0. The molecule has 1 aromatic heterocycles. The Morgan fingerprint density at radius 3 is 2.74 bits per heavy atom. The number of nitrogens with zero attached hydrogens (tertiary/aromatic N) is 1. The van der Waals surface area contributed by atoms with Gasteiger partial charge in [-0.3, -0.25) is 9.79 Å². The Morgan fingerprint density at radius 2 is 1.94 bits per heavy atom. The van der Waals surface area contributed by atoms with Crippen LogP contribution >= 0.6 is 23.6 Å². The third-order valence-corrected chi connectivity index (χ3v) is 7.03. The number of rotatable bonds is 7. The zero-order valence-corrected chi connectivity index (χ0v) is 19.4. The maximum atomic E-state index is 11.6. The highest BCUT2D eigenvalue weighted by atomic mass is 32.1. The average molecular weight is 448 g/mol. The summed E-state index contributed by atoms with van der Waals surface area (Å²) in [6.07, 6.45) is 4.09. The van der Waals surface area contributed by atoms with E-state index in [1.54, 1.807) is 18.3 Å². The molecule has 2 aromatic carbocycles. The maximum Gasteiger partial charge on any atom is 0.159 e. The Morgan fingerprint density at radius 1 is 1.13 bits per heavy atom. The molecule has 1 N–H and O–H groups in total. The smallest absolute Gasteiger partial charge is 0.159 e. The summed E-state index contributed by atoms with van der Waals surface area (Å²) < 4.78 is 0. The van der Waals surface area contributed by atoms with Gasteiger partial charge in [0.25, 0.3) is 0 Å². The molecule has 5 heteroatoms. The summed E-state index contributed by atoms with van der Waals surface area (Å²) in [6, 6.07) is 14.1. The number of fused-ring (bicyclic) bond motifs is 1. The summed E-state index contributed by atoms with van der Waals surface area (Å²) in [4.78, 5) is 17.9. The van der Waals surface area contributed by atoms with Crippen molar-refractivity contribution < 1.29 is 9.90 Å². The number of thiocarbonyl (C=S) groups is 1. The number of aliphatic imine (C=N–C) groups is 1. The van der Waals surface area contributed by atoms with Crippen LogP contribution in [0.4, 0.5) is 0 Å². The van der Waals surface area contributed by atoms with Gasteiger partial charge < -0.3 is 5.11 Å². The van der Waals surface area contributed by atoms with Gasteiger partial charge in [0.05, 0.1) is 11.4 Å². The van der Waals surface area contributed by atoms with Crippen molar-refractivity contribution in [3.63, 3.8) is 0 Å². The molecule has 1 aliphatic rings. The van der Waals surface area contributed by atoms with Crippen molar-refractivity contribution in [1.29, 1.82) is 0 Å². The lowest BCUT2D eigenvalue weighted by molar-refractivity contribution is 0.101. The number of carbonyl (C=O) groups is 1. The third kappa shape index (κ3) is 4.83. The van der Waals surface area contributed by atoms with E-state index in [0.29, 0.717) is 24.3 Å². The van der Waals surface area contributed by atoms with Gasteiger partial charge in [-0.1, -0.05) is 42.5 Å². The van der Waals surface area contributed by atoms with Crippen LogP contribution in [0.3, 0.4) is 0 Å². The lowest BCUT2D eigenvalue weighted by Gasteiger charge is -2.06. The highest BCUT2D eigenvalue weighted by Crippen LogP contribution is 2.40. The predicted octanol–water partition coefficient (Wildman–Crippen LogP) is 6.23. The fraction of sp³-hybridized carbons (Fsp3) is 0.269. The van der Waals surface area contributed by atoms with Crippen molar-refractivity contribution in [2.75, 3.05) is 6.54 Å². The molecule has 0 aliphatic heterocycles. The van der Waals surface area contributed by atoms with Crippen molar-refractivity contribution in [2.45, 2.75) is 39.5 Å². The van der Waals surface area contributed by atoms with Crippen molar-refractivity contribution in [3.8, 4) is 16.2 Å². The van der Waals surface area contributed by atoms with E-state index in [-0.39, 0.29) is 5.78 Å². The highest BCUT2D eigenvalue weighted by Gasteiger charge is 2.17. The Labute approximate surface area is 192 Å². The largest absolute Gasteiger partial charge is 0.506 e. The summed E-state index contributed by atoms with van der Waals surface area (Å²) in [5.74, 6) is 0.345. The van der Waals surface area contributed by atoms with Crippen LogP contribution in [0.5, 0.6) is 5.75 Å². The molecule has 1 aliphatic carbocycles. The fourth-order valence-electron chi connectivity index (χ4n) is 4.00. The lowest BCUT2D eigenvalue weighted by Crippen LogP contribution is -2.07. The molecule has 0 saturated heterocycles. The number of aromatic hydroxyl groups is 1. The number of carbonyl (C=O) groups excluding carboxylic acids is 1. The quantitative estimate of drug-likeness (QED) is 0.265. The van der Waals surface area contributed by atoms with Crippen molar-refractivity contribution in [3.05, 3.63) is 75.7 Å². The summed E-state index contributed by atoms with van der Waals surface area (Å²) >= 11 is 7.07. The van der Waals surface area contributed by atoms with E-state index in [2.05, 4.69) is 23.2 Å². The Bertz CT molecular complexity index is 1190. The zero-order valence-electron chi connectivity index (χ0n) is 17.8. The van der Waals surface area contributed by atoms with E-state index in [1.165, 1.54) is 17.5 Å². The molecule has 0 bridgehead atoms. The number of thiophene rings is 1. The van der Waals surface area contributed by atoms with Crippen LogP contribution in [0.1, 0.15) is 52.9 Å². The van der Waals surface area contributed by atoms with E-state index >= 15 is 0 Å². The maximum absolute atomic E-state index is 11.6. The first kappa shape index (κ1) is 21.6. The Kier molecular flexibility index (Phi) is 6.44. The molecule has 0 atom stereocenters. The number of hydrogen-bond donors (Lipinski definition) is 1. The van der Waals surface area contributed by atoms with Gasteiger partial charge in [0.2, 0.25) is 0 Å². The van der Waals surface area contributed by atoms with Crippen LogP contribution in [-0.4, -0.2) is 28.0 Å². The second-order valence-electron chi connectivity index (χ2n) is 8.04. The number of hydrogen-bond acceptors (Lipinski definition) is 5. The molecule has 3 nitrogen and oxygen atoms in total. The first-order chi connectivity index (χ1) is 14.9. The fourth-order valence-corrected chi connectivity index (χ4v) is 5.24. The topological polar surface area (TPSA) is 49.7 Å². The first-order valence-electron chi connectivity index (χ1n) is 10.5. The molecule has 158 valence electrons. The van der Waals surface area contributed by atoms with Crippen LogP contribution in [0.2, 0.25) is 0 Å². The molecule has 0 unspecified atom stereocenters. The minimum absolute atomic E-state index is 0.0498. The van der Waals surface area contributed by atoms with Gasteiger partial charge >= 0.3 is 0 Å². The molecular weight excluding hydrogens is 422 g/mol. The van der Waals surface area contributed by atoms with Crippen molar-refractivity contribution in [1.82, 2.24) is 0 Å². The number of ketones is 1. The monoisotopic (exact) mass is 447 g/mol. The predicted molar refractivity (Wildman–Crippen MR) is 133 cm³/mol. The highest BCUT2D eigenvalue weighted by molar-refractivity contribution is 7.80. The number of Topliss-reactive ketones (excluding diaryl/α,β-unsaturated/α-hetero) is 1. The number of aryl methyl sites for hydroxylation is 2. The molecule has 4 rings (SSSR count). The van der Waals surface area contributed by atoms with Crippen LogP contribution in [-0.2, 0) is 19.3 Å². The normalized spacial score (nSPS) is 13.3. The second-order valence-corrected chi connectivity index (χ2v) is 9.49. The average Bonchev–Trinajstić information content (AvgIpc) is 3.38. The molecule has 31 heavy (non-hydrogen) atoms. The Hall–Kier alpha value is -2.63. The molecule has 1 heterocycles. The minimum atomic E-state index is 0.0498. The van der Waals surface area contributed by atoms with Crippen LogP contribution in [0.25, 0.3) is 10.4 Å². The third-order valence-electron chi connectivity index (χ3n) is 5.74. The van der Waals surface area contributed by atoms with Crippen LogP contribution in [0, 0.1) is 0 Å².